The van der Waals surface area contributed by atoms with Crippen LogP contribution in [0.3, 0.4) is 0 Å². The SMILES string of the molecule is Cc1ncsc1-c1ccc(CCC(=O)[C@@H]2C[C@@H](O)CN2C(=O)[C@@H](CC(=O)CCCCC(=O)N2CC(Nc3cc(C(=O)CC[C@H](O)CN4CCc5ccccc5C4)ncn3)C2)C(C)(C)C)cc1. The molecule has 66 heavy (non-hydrogen) atoms. The van der Waals surface area contributed by atoms with Gasteiger partial charge >= 0.3 is 0 Å². The van der Waals surface area contributed by atoms with Crippen molar-refractivity contribution in [1.82, 2.24) is 29.7 Å². The molecule has 3 aliphatic rings. The number of hydrogen-bond acceptors (Lipinski definition) is 13. The van der Waals surface area contributed by atoms with Crippen LogP contribution in [0.5, 0.6) is 0 Å². The fraction of sp³-hybridized carbons (Fsp3) is 0.529. The summed E-state index contributed by atoms with van der Waals surface area (Å²) in [4.78, 5) is 86.4. The number of aliphatic hydroxyl groups is 2. The molecule has 352 valence electrons. The maximum Gasteiger partial charge on any atom is 0.227 e. The van der Waals surface area contributed by atoms with Crippen LogP contribution in [-0.4, -0.2) is 126 Å². The van der Waals surface area contributed by atoms with Gasteiger partial charge in [0.25, 0.3) is 0 Å². The zero-order valence-electron chi connectivity index (χ0n) is 38.8. The van der Waals surface area contributed by atoms with E-state index in [1.54, 1.807) is 22.3 Å². The lowest BCUT2D eigenvalue weighted by molar-refractivity contribution is -0.145. The molecule has 2 aromatic heterocycles. The zero-order chi connectivity index (χ0) is 47.0. The molecular formula is C51H65N7O7S. The van der Waals surface area contributed by atoms with Crippen molar-refractivity contribution in [2.24, 2.45) is 11.3 Å². The van der Waals surface area contributed by atoms with E-state index >= 15 is 0 Å². The van der Waals surface area contributed by atoms with E-state index in [1.807, 2.05) is 63.5 Å². The molecule has 14 nitrogen and oxygen atoms in total. The Bertz CT molecular complexity index is 2340. The van der Waals surface area contributed by atoms with Gasteiger partial charge in [0, 0.05) is 89.8 Å². The molecule has 4 aromatic rings. The lowest BCUT2D eigenvalue weighted by Gasteiger charge is -2.40. The van der Waals surface area contributed by atoms with Gasteiger partial charge in [0.05, 0.1) is 40.4 Å². The average Bonchev–Trinajstić information content (AvgIpc) is 3.91. The third kappa shape index (κ3) is 12.8. The number of benzene rings is 2. The van der Waals surface area contributed by atoms with Gasteiger partial charge in [-0.25, -0.2) is 15.0 Å². The summed E-state index contributed by atoms with van der Waals surface area (Å²) in [5.74, 6) is -0.747. The third-order valence-electron chi connectivity index (χ3n) is 13.3. The number of nitrogens with zero attached hydrogens (tertiary/aromatic N) is 6. The number of ketones is 3. The molecule has 2 aromatic carbocycles. The van der Waals surface area contributed by atoms with Crippen molar-refractivity contribution in [2.45, 2.75) is 129 Å². The molecule has 0 unspecified atom stereocenters. The number of carbonyl (C=O) groups is 5. The summed E-state index contributed by atoms with van der Waals surface area (Å²) < 4.78 is 0. The second-order valence-corrected chi connectivity index (χ2v) is 20.3. The first-order valence-corrected chi connectivity index (χ1v) is 24.4. The first kappa shape index (κ1) is 48.7. The second-order valence-electron chi connectivity index (χ2n) is 19.5. The van der Waals surface area contributed by atoms with Crippen LogP contribution in [0.25, 0.3) is 10.4 Å². The number of carbonyl (C=O) groups excluding carboxylic acids is 5. The van der Waals surface area contributed by atoms with Crippen molar-refractivity contribution in [3.63, 3.8) is 0 Å². The number of aryl methyl sites for hydroxylation is 2. The Morgan fingerprint density at radius 3 is 2.38 bits per heavy atom. The molecule has 3 N–H and O–H groups in total. The molecule has 2 fully saturated rings. The van der Waals surface area contributed by atoms with Gasteiger partial charge in [0.15, 0.2) is 11.6 Å². The summed E-state index contributed by atoms with van der Waals surface area (Å²) in [5.41, 5.74) is 7.27. The van der Waals surface area contributed by atoms with Gasteiger partial charge < -0.3 is 25.3 Å². The number of unbranched alkanes of at least 4 members (excludes halogenated alkanes) is 1. The number of aromatic nitrogens is 3. The van der Waals surface area contributed by atoms with Crippen molar-refractivity contribution in [3.05, 3.63) is 94.5 Å². The van der Waals surface area contributed by atoms with Crippen molar-refractivity contribution < 1.29 is 34.2 Å². The summed E-state index contributed by atoms with van der Waals surface area (Å²) in [6.45, 7) is 11.0. The van der Waals surface area contributed by atoms with Gasteiger partial charge in [-0.05, 0) is 66.7 Å². The van der Waals surface area contributed by atoms with Gasteiger partial charge in [-0.3, -0.25) is 28.9 Å². The highest BCUT2D eigenvalue weighted by molar-refractivity contribution is 7.13. The first-order valence-electron chi connectivity index (χ1n) is 23.5. The van der Waals surface area contributed by atoms with E-state index in [4.69, 9.17) is 0 Å². The number of hydrogen-bond donors (Lipinski definition) is 3. The fourth-order valence-electron chi connectivity index (χ4n) is 9.35. The zero-order valence-corrected chi connectivity index (χ0v) is 39.6. The molecule has 2 saturated heterocycles. The Labute approximate surface area is 392 Å². The molecule has 3 aliphatic heterocycles. The number of anilines is 1. The van der Waals surface area contributed by atoms with Gasteiger partial charge in [0.2, 0.25) is 11.8 Å². The topological polar surface area (TPSA) is 186 Å². The van der Waals surface area contributed by atoms with E-state index in [0.717, 1.165) is 41.2 Å². The van der Waals surface area contributed by atoms with E-state index in [9.17, 15) is 34.2 Å². The van der Waals surface area contributed by atoms with E-state index in [2.05, 4.69) is 43.4 Å². The lowest BCUT2D eigenvalue weighted by atomic mass is 9.76. The Balaban J connectivity index is 0.793. The third-order valence-corrected chi connectivity index (χ3v) is 14.3. The van der Waals surface area contributed by atoms with Crippen LogP contribution >= 0.6 is 11.3 Å². The van der Waals surface area contributed by atoms with Crippen molar-refractivity contribution in [1.29, 1.82) is 0 Å². The normalized spacial score (nSPS) is 18.6. The van der Waals surface area contributed by atoms with Crippen LogP contribution in [0.15, 0.2) is 66.4 Å². The van der Waals surface area contributed by atoms with E-state index < -0.39 is 29.6 Å². The van der Waals surface area contributed by atoms with E-state index in [0.29, 0.717) is 57.6 Å². The number of aliphatic hydroxyl groups excluding tert-OH is 2. The standard InChI is InChI=1S/C51H65N7O7S/c1-33-49(66-32-54-33)36-16-13-34(14-17-36)15-19-46(63)44-24-41(61)30-58(44)50(65)42(51(2,3)4)23-39(59)11-7-8-12-48(64)57-27-38(28-57)55-47-25-43(52-31-53-47)45(62)20-18-40(60)29-56-22-21-35-9-5-6-10-37(35)26-56/h5-6,9-10,13-14,16-17,25,31-32,38,40-42,44,60-61H,7-8,11-12,15,18-24,26-30H2,1-4H3,(H,52,53,55)/t40-,41+,42+,44-/m0/s1. The smallest absolute Gasteiger partial charge is 0.227 e. The number of fused-ring (bicyclic) bond motifs is 1. The summed E-state index contributed by atoms with van der Waals surface area (Å²) >= 11 is 1.59. The molecule has 0 radical (unpaired) electrons. The fourth-order valence-corrected chi connectivity index (χ4v) is 10.2. The van der Waals surface area contributed by atoms with Crippen molar-refractivity contribution in [3.8, 4) is 10.4 Å². The average molecular weight is 920 g/mol. The molecule has 5 heterocycles. The van der Waals surface area contributed by atoms with Crippen LogP contribution in [0.1, 0.15) is 111 Å². The Kier molecular flexibility index (Phi) is 16.3. The Hall–Kier alpha value is -5.22. The summed E-state index contributed by atoms with van der Waals surface area (Å²) in [7, 11) is 0. The maximum absolute atomic E-state index is 14.1. The van der Waals surface area contributed by atoms with Gasteiger partial charge in [0.1, 0.15) is 23.6 Å². The van der Waals surface area contributed by atoms with Crippen molar-refractivity contribution >= 4 is 46.3 Å². The van der Waals surface area contributed by atoms with Crippen LogP contribution in [0, 0.1) is 18.3 Å². The van der Waals surface area contributed by atoms with Gasteiger partial charge in [-0.15, -0.1) is 11.3 Å². The number of likely N-dealkylation sites (tertiary alicyclic amines) is 2. The van der Waals surface area contributed by atoms with Gasteiger partial charge in [-0.2, -0.15) is 0 Å². The molecule has 0 aliphatic carbocycles. The first-order chi connectivity index (χ1) is 31.6. The highest BCUT2D eigenvalue weighted by Gasteiger charge is 2.44. The predicted molar refractivity (Wildman–Crippen MR) is 254 cm³/mol. The molecule has 0 saturated carbocycles. The Morgan fingerprint density at radius 1 is 0.909 bits per heavy atom. The van der Waals surface area contributed by atoms with Crippen LogP contribution in [0.2, 0.25) is 0 Å². The quantitative estimate of drug-likeness (QED) is 0.0631. The summed E-state index contributed by atoms with van der Waals surface area (Å²) in [6.07, 6.45) is 3.96. The molecule has 4 atom stereocenters. The molecule has 0 spiro atoms. The number of amides is 2. The van der Waals surface area contributed by atoms with Crippen LogP contribution < -0.4 is 5.32 Å². The molecule has 7 rings (SSSR count). The molecular weight excluding hydrogens is 855 g/mol. The maximum atomic E-state index is 14.1. The number of thiazole rings is 1. The number of Topliss-reactive ketones (excluding diaryl/α,β-unsaturated/α-hetero) is 3. The minimum Gasteiger partial charge on any atom is -0.392 e. The lowest BCUT2D eigenvalue weighted by Crippen LogP contribution is -2.57. The highest BCUT2D eigenvalue weighted by Crippen LogP contribution is 2.35. The minimum absolute atomic E-state index is 0.000413. The predicted octanol–water partition coefficient (Wildman–Crippen LogP) is 6.26. The van der Waals surface area contributed by atoms with E-state index in [1.165, 1.54) is 22.4 Å². The Morgan fingerprint density at radius 2 is 1.65 bits per heavy atom. The monoisotopic (exact) mass is 919 g/mol. The largest absolute Gasteiger partial charge is 0.392 e. The van der Waals surface area contributed by atoms with Gasteiger partial charge in [-0.1, -0.05) is 69.3 Å². The summed E-state index contributed by atoms with van der Waals surface area (Å²) in [6, 6.07) is 17.3. The number of β-amino-alcohol motifs (C(OH)–C–C–N with tert-alkyl or cyclic N) is 2. The molecule has 15 heteroatoms. The van der Waals surface area contributed by atoms with Crippen LogP contribution in [0.4, 0.5) is 5.82 Å². The number of nitrogens with one attached hydrogen (secondary N) is 1. The second kappa shape index (κ2) is 22.1. The number of rotatable bonds is 21. The van der Waals surface area contributed by atoms with E-state index in [-0.39, 0.29) is 79.5 Å². The van der Waals surface area contributed by atoms with Crippen molar-refractivity contribution in [2.75, 3.05) is 38.0 Å². The minimum atomic E-state index is -0.807. The highest BCUT2D eigenvalue weighted by atomic mass is 32.1. The van der Waals surface area contributed by atoms with Crippen LogP contribution in [-0.2, 0) is 38.6 Å². The molecule has 2 amide bonds. The summed E-state index contributed by atoms with van der Waals surface area (Å²) in [5, 5.41) is 24.6. The molecule has 0 bridgehead atoms.